The van der Waals surface area contributed by atoms with Crippen LogP contribution in [0.25, 0.3) is 0 Å². The van der Waals surface area contributed by atoms with E-state index in [1.165, 1.54) is 57.8 Å². The molecule has 0 aliphatic carbocycles. The van der Waals surface area contributed by atoms with Crippen LogP contribution in [-0.4, -0.2) is 38.2 Å². The summed E-state index contributed by atoms with van der Waals surface area (Å²) in [6.45, 7) is 30.9. The van der Waals surface area contributed by atoms with Crippen molar-refractivity contribution in [1.82, 2.24) is 4.99 Å². The summed E-state index contributed by atoms with van der Waals surface area (Å²) in [5.41, 5.74) is 1.67. The van der Waals surface area contributed by atoms with E-state index in [9.17, 15) is 0 Å². The number of hydrogen-bond donors (Lipinski definition) is 0. The Labute approximate surface area is 208 Å². The van der Waals surface area contributed by atoms with Gasteiger partial charge in [-0.15, -0.1) is 0 Å². The molecule has 0 saturated carbocycles. The van der Waals surface area contributed by atoms with E-state index in [-0.39, 0.29) is 33.2 Å². The van der Waals surface area contributed by atoms with E-state index in [0.29, 0.717) is 0 Å². The summed E-state index contributed by atoms with van der Waals surface area (Å²) >= 11 is -2.95. The van der Waals surface area contributed by atoms with Gasteiger partial charge in [0, 0.05) is 0 Å². The van der Waals surface area contributed by atoms with Gasteiger partial charge in [-0.3, -0.25) is 0 Å². The van der Waals surface area contributed by atoms with E-state index in [4.69, 9.17) is 0 Å². The molecule has 4 heteroatoms. The van der Waals surface area contributed by atoms with Gasteiger partial charge in [-0.05, 0) is 0 Å². The van der Waals surface area contributed by atoms with Gasteiger partial charge in [0.15, 0.2) is 0 Å². The molecule has 0 spiro atoms. The topological polar surface area (TPSA) is 9.72 Å². The van der Waals surface area contributed by atoms with Crippen molar-refractivity contribution in [1.29, 1.82) is 0 Å². The molecule has 31 heavy (non-hydrogen) atoms. The van der Waals surface area contributed by atoms with Crippen LogP contribution in [0.4, 0.5) is 0 Å². The zero-order valence-corrected chi connectivity index (χ0v) is 26.9. The quantitative estimate of drug-likeness (QED) is 0.355. The molecule has 0 atom stereocenters. The molecule has 3 nitrogen and oxygen atoms in total. The van der Waals surface area contributed by atoms with Crippen molar-refractivity contribution in [3.63, 3.8) is 0 Å². The fourth-order valence-electron chi connectivity index (χ4n) is 8.26. The maximum atomic E-state index is 3.20. The number of piperidine rings is 3. The molecule has 3 saturated heterocycles. The zero-order valence-electron chi connectivity index (χ0n) is 23.3. The Bertz CT molecular complexity index is 523. The van der Waals surface area contributed by atoms with Crippen LogP contribution in [0, 0.1) is 31.1 Å². The monoisotopic (exact) mass is 559 g/mol. The predicted octanol–water partition coefficient (Wildman–Crippen LogP) is 7.48. The first-order valence-electron chi connectivity index (χ1n) is 13.2. The standard InChI is InChI=1S/3C9H18N.La/c3*1-8(2)6-5-7-9(3,4)10-8;/h3*5-7H2,1-4H3;/q3*-1;+3. The first kappa shape index (κ1) is 26.7. The van der Waals surface area contributed by atoms with Gasteiger partial charge in [-0.25, -0.2) is 0 Å². The summed E-state index contributed by atoms with van der Waals surface area (Å²) in [7, 11) is 0. The van der Waals surface area contributed by atoms with Crippen LogP contribution in [0.15, 0.2) is 0 Å². The molecular formula is C27H54LaN3. The molecule has 0 bridgehead atoms. The van der Waals surface area contributed by atoms with Crippen LogP contribution in [0.2, 0.25) is 0 Å². The van der Waals surface area contributed by atoms with Crippen molar-refractivity contribution in [2.75, 3.05) is 0 Å². The summed E-state index contributed by atoms with van der Waals surface area (Å²) in [6.07, 6.45) is 12.2. The minimum atomic E-state index is -2.95. The van der Waals surface area contributed by atoms with Crippen molar-refractivity contribution in [2.24, 2.45) is 0 Å². The van der Waals surface area contributed by atoms with Crippen molar-refractivity contribution < 1.29 is 31.1 Å². The van der Waals surface area contributed by atoms with Crippen molar-refractivity contribution in [3.05, 3.63) is 0 Å². The Morgan fingerprint density at radius 1 is 0.355 bits per heavy atom. The Morgan fingerprint density at radius 2 is 0.516 bits per heavy atom. The molecule has 0 unspecified atom stereocenters. The van der Waals surface area contributed by atoms with Crippen molar-refractivity contribution in [2.45, 2.75) is 174 Å². The van der Waals surface area contributed by atoms with Crippen LogP contribution in [0.3, 0.4) is 0 Å². The Balaban J connectivity index is 2.28. The van der Waals surface area contributed by atoms with Gasteiger partial charge in [-0.1, -0.05) is 0 Å². The average molecular weight is 560 g/mol. The number of rotatable bonds is 3. The van der Waals surface area contributed by atoms with E-state index in [1.54, 1.807) is 0 Å². The number of nitrogens with zero attached hydrogens (tertiary/aromatic N) is 3. The van der Waals surface area contributed by atoms with Gasteiger partial charge in [0.25, 0.3) is 0 Å². The molecule has 3 aliphatic rings. The summed E-state index contributed by atoms with van der Waals surface area (Å²) in [6, 6.07) is 0. The fraction of sp³-hybridized carbons (Fsp3) is 1.00. The number of hydrogen-bond acceptors (Lipinski definition) is 3. The first-order chi connectivity index (χ1) is 13.9. The van der Waals surface area contributed by atoms with Crippen LogP contribution < -0.4 is 0 Å². The van der Waals surface area contributed by atoms with Gasteiger partial charge in [0.2, 0.25) is 0 Å². The van der Waals surface area contributed by atoms with Crippen LogP contribution in [0.5, 0.6) is 0 Å². The van der Waals surface area contributed by atoms with Gasteiger partial charge in [-0.2, -0.15) is 0 Å². The molecular weight excluding hydrogens is 505 g/mol. The molecule has 3 fully saturated rings. The van der Waals surface area contributed by atoms with E-state index in [2.05, 4.69) is 88.1 Å². The molecule has 3 aliphatic heterocycles. The van der Waals surface area contributed by atoms with E-state index in [0.717, 1.165) is 0 Å². The molecule has 0 amide bonds. The SMILES string of the molecule is CC1(C)CCCC(C)(C)[N]1[La]([N]1C(C)(C)CCCC1(C)C)[N]1C(C)(C)CCCC1(C)C. The first-order valence-corrected chi connectivity index (χ1v) is 18.1. The van der Waals surface area contributed by atoms with Crippen LogP contribution >= 0.6 is 0 Å². The third-order valence-electron chi connectivity index (χ3n) is 9.34. The fourth-order valence-corrected chi connectivity index (χ4v) is 24.6. The van der Waals surface area contributed by atoms with Crippen LogP contribution in [-0.2, 0) is 0 Å². The second kappa shape index (κ2) is 8.33. The molecule has 180 valence electrons. The van der Waals surface area contributed by atoms with E-state index < -0.39 is 31.1 Å². The van der Waals surface area contributed by atoms with Gasteiger partial charge in [0.05, 0.1) is 0 Å². The molecule has 3 heterocycles. The van der Waals surface area contributed by atoms with Gasteiger partial charge < -0.3 is 0 Å². The molecule has 0 N–H and O–H groups in total. The maximum absolute atomic E-state index is 3.20. The molecule has 0 aromatic heterocycles. The zero-order chi connectivity index (χ0) is 23.7. The van der Waals surface area contributed by atoms with Gasteiger partial charge in [0.1, 0.15) is 0 Å². The summed E-state index contributed by atoms with van der Waals surface area (Å²) in [4.78, 5) is 0. The second-order valence-corrected chi connectivity index (χ2v) is 21.9. The Kier molecular flexibility index (Phi) is 7.17. The third-order valence-corrected chi connectivity index (χ3v) is 26.9. The molecule has 0 radical (unpaired) electrons. The molecule has 3 rings (SSSR count). The van der Waals surface area contributed by atoms with E-state index >= 15 is 0 Å². The second-order valence-electron chi connectivity index (χ2n) is 14.9. The van der Waals surface area contributed by atoms with Crippen molar-refractivity contribution in [3.8, 4) is 0 Å². The summed E-state index contributed by atoms with van der Waals surface area (Å²) in [5, 5.41) is 0. The minimum absolute atomic E-state index is 0.279. The van der Waals surface area contributed by atoms with Crippen molar-refractivity contribution >= 4 is 0 Å². The normalized spacial score (nSPS) is 32.5. The van der Waals surface area contributed by atoms with Gasteiger partial charge >= 0.3 is 210 Å². The summed E-state index contributed by atoms with van der Waals surface area (Å²) in [5.74, 6) is 0. The third kappa shape index (κ3) is 4.92. The summed E-state index contributed by atoms with van der Waals surface area (Å²) < 4.78 is 9.60. The average Bonchev–Trinajstić information content (AvgIpc) is 2.48. The Hall–Kier alpha value is 1.07. The predicted molar refractivity (Wildman–Crippen MR) is 132 cm³/mol. The molecule has 0 aromatic carbocycles. The Morgan fingerprint density at radius 3 is 0.677 bits per heavy atom. The molecule has 0 aromatic rings. The van der Waals surface area contributed by atoms with E-state index in [1.807, 2.05) is 0 Å². The van der Waals surface area contributed by atoms with Crippen LogP contribution in [0.1, 0.15) is 141 Å².